The van der Waals surface area contributed by atoms with Crippen LogP contribution in [-0.4, -0.2) is 54.9 Å². The number of piperidine rings is 1. The van der Waals surface area contributed by atoms with Gasteiger partial charge in [-0.3, -0.25) is 14.5 Å². The molecule has 0 bridgehead atoms. The molecule has 1 fully saturated rings. The van der Waals surface area contributed by atoms with Crippen molar-refractivity contribution in [3.8, 4) is 5.88 Å². The monoisotopic (exact) mass is 562 g/mol. The van der Waals surface area contributed by atoms with Gasteiger partial charge in [0.15, 0.2) is 5.69 Å². The lowest BCUT2D eigenvalue weighted by atomic mass is 9.96. The molecule has 0 spiro atoms. The van der Waals surface area contributed by atoms with E-state index in [0.29, 0.717) is 42.5 Å². The van der Waals surface area contributed by atoms with E-state index in [4.69, 9.17) is 5.14 Å². The van der Waals surface area contributed by atoms with Crippen LogP contribution in [0.2, 0.25) is 0 Å². The number of primary sulfonamides is 1. The number of benzene rings is 2. The summed E-state index contributed by atoms with van der Waals surface area (Å²) in [6.45, 7) is 1.21. The van der Waals surface area contributed by atoms with Gasteiger partial charge in [-0.25, -0.2) is 13.6 Å². The fourth-order valence-corrected chi connectivity index (χ4v) is 4.76. The van der Waals surface area contributed by atoms with Gasteiger partial charge in [-0.2, -0.15) is 0 Å². The number of likely N-dealkylation sites (tertiary alicyclic amines) is 1. The van der Waals surface area contributed by atoms with Gasteiger partial charge >= 0.3 is 0 Å². The second kappa shape index (κ2) is 10.2. The van der Waals surface area contributed by atoms with Gasteiger partial charge in [0.2, 0.25) is 21.8 Å². The fraction of sp³-hybridized carbons (Fsp3) is 0.273. The number of halogens is 1. The van der Waals surface area contributed by atoms with Gasteiger partial charge in [-0.1, -0.05) is 15.9 Å². The van der Waals surface area contributed by atoms with Gasteiger partial charge in [-0.05, 0) is 68.4 Å². The summed E-state index contributed by atoms with van der Waals surface area (Å²) in [6, 6.07) is 11.0. The number of sulfonamides is 1. The van der Waals surface area contributed by atoms with E-state index in [1.165, 1.54) is 24.3 Å². The average molecular weight is 563 g/mol. The van der Waals surface area contributed by atoms with Crippen molar-refractivity contribution in [2.24, 2.45) is 21.3 Å². The molecule has 2 aromatic carbocycles. The second-order valence-electron chi connectivity index (χ2n) is 8.22. The van der Waals surface area contributed by atoms with Crippen LogP contribution in [0.25, 0.3) is 10.9 Å². The van der Waals surface area contributed by atoms with Crippen LogP contribution >= 0.6 is 15.9 Å². The number of hydrogen-bond acceptors (Lipinski definition) is 7. The Balaban J connectivity index is 1.28. The minimum Gasteiger partial charge on any atom is -0.493 e. The third kappa shape index (κ3) is 6.11. The van der Waals surface area contributed by atoms with Crippen LogP contribution in [-0.2, 0) is 19.6 Å². The second-order valence-corrected chi connectivity index (χ2v) is 10.7. The molecule has 0 atom stereocenters. The van der Waals surface area contributed by atoms with Crippen molar-refractivity contribution < 1.29 is 23.1 Å². The first-order valence-electron chi connectivity index (χ1n) is 10.7. The molecule has 2 heterocycles. The number of nitrogens with zero attached hydrogens (tertiary/aromatic N) is 3. The predicted molar refractivity (Wildman–Crippen MR) is 133 cm³/mol. The number of rotatable bonds is 6. The molecule has 2 amide bonds. The van der Waals surface area contributed by atoms with Crippen LogP contribution in [0.15, 0.2) is 62.1 Å². The molecular formula is C22H23BrN6O5S. The number of carbonyl (C=O) groups is 2. The molecule has 0 saturated carbocycles. The van der Waals surface area contributed by atoms with E-state index in [1.807, 2.05) is 11.0 Å². The lowest BCUT2D eigenvalue weighted by molar-refractivity contribution is -0.123. The molecule has 1 aliphatic heterocycles. The number of hydrogen-bond donors (Lipinski definition) is 4. The lowest BCUT2D eigenvalue weighted by Crippen LogP contribution is -2.40. The number of anilines is 1. The Morgan fingerprint density at radius 3 is 2.51 bits per heavy atom. The van der Waals surface area contributed by atoms with E-state index in [1.54, 1.807) is 12.1 Å². The number of fused-ring (bicyclic) bond motifs is 1. The van der Waals surface area contributed by atoms with E-state index in [2.05, 4.69) is 36.5 Å². The zero-order chi connectivity index (χ0) is 25.2. The molecule has 11 nitrogen and oxygen atoms in total. The summed E-state index contributed by atoms with van der Waals surface area (Å²) in [6.07, 6.45) is 1.05. The number of amides is 2. The molecule has 35 heavy (non-hydrogen) atoms. The summed E-state index contributed by atoms with van der Waals surface area (Å²) in [5.41, 5.74) is 1.35. The minimum atomic E-state index is -3.79. The molecule has 3 aromatic rings. The SMILES string of the molecule is NS(=O)(=O)c1ccc(NC(=O)CN2CCC(C(=O)N=Nc3c(O)[nH]c4ccc(Br)cc34)CC2)cc1. The zero-order valence-corrected chi connectivity index (χ0v) is 20.8. The maximum atomic E-state index is 12.6. The molecule has 0 radical (unpaired) electrons. The smallest absolute Gasteiger partial charge is 0.267 e. The van der Waals surface area contributed by atoms with E-state index in [0.717, 1.165) is 4.47 Å². The first-order valence-corrected chi connectivity index (χ1v) is 13.0. The zero-order valence-electron chi connectivity index (χ0n) is 18.4. The number of nitrogens with two attached hydrogens (primary N) is 1. The Bertz CT molecular complexity index is 1400. The van der Waals surface area contributed by atoms with Crippen molar-refractivity contribution in [3.05, 3.63) is 46.9 Å². The van der Waals surface area contributed by atoms with Gasteiger partial charge in [0.25, 0.3) is 5.91 Å². The normalized spacial score (nSPS) is 15.6. The molecule has 1 aliphatic rings. The highest BCUT2D eigenvalue weighted by Gasteiger charge is 2.26. The number of nitrogens with one attached hydrogen (secondary N) is 2. The largest absolute Gasteiger partial charge is 0.493 e. The molecule has 13 heteroatoms. The van der Waals surface area contributed by atoms with Crippen LogP contribution in [0.5, 0.6) is 5.88 Å². The van der Waals surface area contributed by atoms with Crippen molar-refractivity contribution >= 4 is 60.0 Å². The fourth-order valence-electron chi connectivity index (χ4n) is 3.89. The number of carbonyl (C=O) groups excluding carboxylic acids is 2. The Hall–Kier alpha value is -3.13. The minimum absolute atomic E-state index is 0.0350. The van der Waals surface area contributed by atoms with Gasteiger partial charge in [0.05, 0.1) is 17.0 Å². The molecule has 184 valence electrons. The Morgan fingerprint density at radius 2 is 1.86 bits per heavy atom. The number of aromatic hydroxyl groups is 1. The van der Waals surface area contributed by atoms with Gasteiger partial charge in [0, 0.05) is 21.5 Å². The molecular weight excluding hydrogens is 540 g/mol. The molecule has 0 unspecified atom stereocenters. The average Bonchev–Trinajstić information content (AvgIpc) is 3.11. The number of azo groups is 1. The maximum Gasteiger partial charge on any atom is 0.267 e. The topological polar surface area (TPSA) is 170 Å². The van der Waals surface area contributed by atoms with Crippen molar-refractivity contribution in [1.29, 1.82) is 0 Å². The van der Waals surface area contributed by atoms with Crippen molar-refractivity contribution in [1.82, 2.24) is 9.88 Å². The third-order valence-electron chi connectivity index (χ3n) is 5.73. The molecule has 1 saturated heterocycles. The Kier molecular flexibility index (Phi) is 7.31. The molecule has 0 aliphatic carbocycles. The highest BCUT2D eigenvalue weighted by atomic mass is 79.9. The third-order valence-corrected chi connectivity index (χ3v) is 7.16. The summed E-state index contributed by atoms with van der Waals surface area (Å²) in [5.74, 6) is -1.09. The Labute approximate surface area is 209 Å². The van der Waals surface area contributed by atoms with Crippen molar-refractivity contribution in [3.63, 3.8) is 0 Å². The summed E-state index contributed by atoms with van der Waals surface area (Å²) in [4.78, 5) is 29.6. The van der Waals surface area contributed by atoms with E-state index in [-0.39, 0.29) is 40.7 Å². The summed E-state index contributed by atoms with van der Waals surface area (Å²) < 4.78 is 23.4. The van der Waals surface area contributed by atoms with Gasteiger partial charge < -0.3 is 15.4 Å². The molecule has 4 rings (SSSR count). The van der Waals surface area contributed by atoms with E-state index < -0.39 is 10.0 Å². The Morgan fingerprint density at radius 1 is 1.17 bits per heavy atom. The molecule has 5 N–H and O–H groups in total. The van der Waals surface area contributed by atoms with E-state index in [9.17, 15) is 23.1 Å². The number of aromatic amines is 1. The van der Waals surface area contributed by atoms with Crippen LogP contribution in [0, 0.1) is 5.92 Å². The molecule has 1 aromatic heterocycles. The van der Waals surface area contributed by atoms with Crippen LogP contribution in [0.3, 0.4) is 0 Å². The van der Waals surface area contributed by atoms with Crippen LogP contribution in [0.1, 0.15) is 12.8 Å². The standard InChI is InChI=1S/C22H23BrN6O5S/c23-14-1-6-18-17(11-14)20(22(32)26-18)27-28-21(31)13-7-9-29(10-8-13)12-19(30)25-15-2-4-16(5-3-15)35(24,33)34/h1-6,11,13,26,32H,7-10,12H2,(H,25,30)(H2,24,33,34). The first-order chi connectivity index (χ1) is 16.6. The van der Waals surface area contributed by atoms with Crippen LogP contribution < -0.4 is 10.5 Å². The number of H-pyrrole nitrogens is 1. The lowest BCUT2D eigenvalue weighted by Gasteiger charge is -2.29. The van der Waals surface area contributed by atoms with Gasteiger partial charge in [-0.15, -0.1) is 10.2 Å². The first kappa shape index (κ1) is 25.0. The number of aromatic nitrogens is 1. The van der Waals surface area contributed by atoms with Gasteiger partial charge in [0.1, 0.15) is 0 Å². The highest BCUT2D eigenvalue weighted by Crippen LogP contribution is 2.37. The van der Waals surface area contributed by atoms with Crippen molar-refractivity contribution in [2.75, 3.05) is 25.0 Å². The predicted octanol–water partition coefficient (Wildman–Crippen LogP) is 3.24. The highest BCUT2D eigenvalue weighted by molar-refractivity contribution is 9.10. The quantitative estimate of drug-likeness (QED) is 0.336. The summed E-state index contributed by atoms with van der Waals surface area (Å²) >= 11 is 3.37. The van der Waals surface area contributed by atoms with E-state index >= 15 is 0 Å². The maximum absolute atomic E-state index is 12.6. The summed E-state index contributed by atoms with van der Waals surface area (Å²) in [7, 11) is -3.79. The van der Waals surface area contributed by atoms with Crippen LogP contribution in [0.4, 0.5) is 11.4 Å². The summed E-state index contributed by atoms with van der Waals surface area (Å²) in [5, 5.41) is 26.4. The van der Waals surface area contributed by atoms with Crippen molar-refractivity contribution in [2.45, 2.75) is 17.7 Å².